The second kappa shape index (κ2) is 8.07. The third kappa shape index (κ3) is 5.09. The smallest absolute Gasteiger partial charge is 0.212 e. The average molecular weight is 224 g/mol. The van der Waals surface area contributed by atoms with Crippen LogP contribution in [0.4, 0.5) is 0 Å². The molecule has 0 amide bonds. The van der Waals surface area contributed by atoms with E-state index in [1.165, 1.54) is 0 Å². The number of rotatable bonds is 8. The summed E-state index contributed by atoms with van der Waals surface area (Å²) in [5.74, 6) is 0.653. The van der Waals surface area contributed by atoms with E-state index in [1.54, 1.807) is 7.11 Å². The topological polar surface area (TPSA) is 43.4 Å². The van der Waals surface area contributed by atoms with Crippen LogP contribution in [0, 0.1) is 0 Å². The molecule has 0 bridgehead atoms. The number of hydrogen-bond acceptors (Lipinski definition) is 4. The zero-order valence-electron chi connectivity index (χ0n) is 10.0. The van der Waals surface area contributed by atoms with Gasteiger partial charge < -0.3 is 14.8 Å². The third-order valence-corrected chi connectivity index (χ3v) is 2.18. The lowest BCUT2D eigenvalue weighted by atomic mass is 10.3. The molecule has 1 aromatic heterocycles. The van der Waals surface area contributed by atoms with Gasteiger partial charge in [-0.2, -0.15) is 0 Å². The van der Waals surface area contributed by atoms with E-state index in [1.807, 2.05) is 25.3 Å². The van der Waals surface area contributed by atoms with Crippen LogP contribution in [0.5, 0.6) is 5.88 Å². The summed E-state index contributed by atoms with van der Waals surface area (Å²) in [5.41, 5.74) is 1.16. The van der Waals surface area contributed by atoms with Gasteiger partial charge in [-0.05, 0) is 25.5 Å². The van der Waals surface area contributed by atoms with Crippen molar-refractivity contribution in [3.8, 4) is 5.88 Å². The molecule has 4 nitrogen and oxygen atoms in total. The summed E-state index contributed by atoms with van der Waals surface area (Å²) < 4.78 is 10.2. The Labute approximate surface area is 97.0 Å². The molecule has 0 saturated heterocycles. The molecular weight excluding hydrogens is 204 g/mol. The quantitative estimate of drug-likeness (QED) is 0.681. The van der Waals surface area contributed by atoms with Crippen LogP contribution in [-0.4, -0.2) is 31.9 Å². The van der Waals surface area contributed by atoms with Gasteiger partial charge in [-0.1, -0.05) is 6.07 Å². The van der Waals surface area contributed by atoms with Crippen molar-refractivity contribution >= 4 is 0 Å². The van der Waals surface area contributed by atoms with Gasteiger partial charge in [0.05, 0.1) is 7.11 Å². The zero-order valence-corrected chi connectivity index (χ0v) is 10.0. The molecule has 0 spiro atoms. The fourth-order valence-electron chi connectivity index (χ4n) is 1.31. The molecule has 0 radical (unpaired) electrons. The van der Waals surface area contributed by atoms with Crippen LogP contribution in [-0.2, 0) is 11.3 Å². The van der Waals surface area contributed by atoms with Crippen molar-refractivity contribution in [3.63, 3.8) is 0 Å². The Hall–Kier alpha value is -1.13. The Morgan fingerprint density at radius 2 is 2.25 bits per heavy atom. The summed E-state index contributed by atoms with van der Waals surface area (Å²) >= 11 is 0. The van der Waals surface area contributed by atoms with Crippen molar-refractivity contribution in [3.05, 3.63) is 23.9 Å². The van der Waals surface area contributed by atoms with E-state index in [-0.39, 0.29) is 0 Å². The predicted octanol–water partition coefficient (Wildman–Crippen LogP) is 1.61. The average Bonchev–Trinajstić information content (AvgIpc) is 2.34. The van der Waals surface area contributed by atoms with Crippen LogP contribution in [0.2, 0.25) is 0 Å². The van der Waals surface area contributed by atoms with Gasteiger partial charge in [-0.3, -0.25) is 0 Å². The van der Waals surface area contributed by atoms with Gasteiger partial charge in [0.15, 0.2) is 0 Å². The molecule has 90 valence electrons. The summed E-state index contributed by atoms with van der Waals surface area (Å²) in [6, 6.07) is 3.89. The van der Waals surface area contributed by atoms with Crippen molar-refractivity contribution in [2.75, 3.05) is 26.9 Å². The number of pyridine rings is 1. The minimum atomic E-state index is 0.653. The maximum absolute atomic E-state index is 5.25. The molecule has 0 aromatic carbocycles. The largest absolute Gasteiger partial charge is 0.481 e. The fourth-order valence-corrected chi connectivity index (χ4v) is 1.31. The second-order valence-electron chi connectivity index (χ2n) is 3.44. The van der Waals surface area contributed by atoms with E-state index in [0.717, 1.165) is 38.3 Å². The first-order valence-corrected chi connectivity index (χ1v) is 5.64. The SMILES string of the molecule is CCOCCCNCc1ccc(OC)nc1. The molecule has 0 fully saturated rings. The van der Waals surface area contributed by atoms with Crippen LogP contribution in [0.15, 0.2) is 18.3 Å². The second-order valence-corrected chi connectivity index (χ2v) is 3.44. The standard InChI is InChI=1S/C12H20N2O2/c1-3-16-8-4-7-13-9-11-5-6-12(15-2)14-10-11/h5-6,10,13H,3-4,7-9H2,1-2H3. The predicted molar refractivity (Wildman–Crippen MR) is 63.6 cm³/mol. The molecule has 1 heterocycles. The van der Waals surface area contributed by atoms with Gasteiger partial charge in [0.1, 0.15) is 0 Å². The first-order valence-electron chi connectivity index (χ1n) is 5.64. The molecule has 4 heteroatoms. The van der Waals surface area contributed by atoms with Crippen molar-refractivity contribution in [1.29, 1.82) is 0 Å². The molecule has 1 N–H and O–H groups in total. The van der Waals surface area contributed by atoms with Gasteiger partial charge in [-0.15, -0.1) is 0 Å². The van der Waals surface area contributed by atoms with E-state index in [0.29, 0.717) is 5.88 Å². The fraction of sp³-hybridized carbons (Fsp3) is 0.583. The molecule has 0 saturated carbocycles. The lowest BCUT2D eigenvalue weighted by Crippen LogP contribution is -2.16. The van der Waals surface area contributed by atoms with Crippen LogP contribution < -0.4 is 10.1 Å². The summed E-state index contributed by atoms with van der Waals surface area (Å²) in [5, 5.41) is 3.34. The van der Waals surface area contributed by atoms with E-state index < -0.39 is 0 Å². The van der Waals surface area contributed by atoms with Gasteiger partial charge in [0, 0.05) is 32.0 Å². The Morgan fingerprint density at radius 3 is 2.88 bits per heavy atom. The lowest BCUT2D eigenvalue weighted by Gasteiger charge is -2.05. The Kier molecular flexibility index (Phi) is 6.53. The summed E-state index contributed by atoms with van der Waals surface area (Å²) in [6.45, 7) is 5.43. The highest BCUT2D eigenvalue weighted by Gasteiger charge is 1.95. The van der Waals surface area contributed by atoms with Crippen molar-refractivity contribution in [2.45, 2.75) is 19.9 Å². The highest BCUT2D eigenvalue weighted by Crippen LogP contribution is 2.05. The van der Waals surface area contributed by atoms with Crippen molar-refractivity contribution in [2.24, 2.45) is 0 Å². The highest BCUT2D eigenvalue weighted by molar-refractivity contribution is 5.17. The van der Waals surface area contributed by atoms with E-state index in [2.05, 4.69) is 10.3 Å². The Balaban J connectivity index is 2.12. The molecular formula is C12H20N2O2. The molecule has 1 rings (SSSR count). The van der Waals surface area contributed by atoms with Crippen LogP contribution in [0.25, 0.3) is 0 Å². The summed E-state index contributed by atoms with van der Waals surface area (Å²) in [6.07, 6.45) is 2.87. The van der Waals surface area contributed by atoms with Gasteiger partial charge >= 0.3 is 0 Å². The molecule has 0 aliphatic carbocycles. The van der Waals surface area contributed by atoms with Crippen molar-refractivity contribution in [1.82, 2.24) is 10.3 Å². The molecule has 0 atom stereocenters. The summed E-state index contributed by atoms with van der Waals surface area (Å²) in [4.78, 5) is 4.14. The maximum Gasteiger partial charge on any atom is 0.212 e. The number of nitrogens with one attached hydrogen (secondary N) is 1. The number of methoxy groups -OCH3 is 1. The third-order valence-electron chi connectivity index (χ3n) is 2.18. The van der Waals surface area contributed by atoms with E-state index in [9.17, 15) is 0 Å². The first kappa shape index (κ1) is 12.9. The Morgan fingerprint density at radius 1 is 1.38 bits per heavy atom. The van der Waals surface area contributed by atoms with Crippen LogP contribution in [0.1, 0.15) is 18.9 Å². The van der Waals surface area contributed by atoms with Crippen molar-refractivity contribution < 1.29 is 9.47 Å². The molecule has 0 unspecified atom stereocenters. The van der Waals surface area contributed by atoms with Gasteiger partial charge in [0.2, 0.25) is 5.88 Å². The summed E-state index contributed by atoms with van der Waals surface area (Å²) in [7, 11) is 1.62. The van der Waals surface area contributed by atoms with Crippen LogP contribution >= 0.6 is 0 Å². The zero-order chi connectivity index (χ0) is 11.6. The number of nitrogens with zero attached hydrogens (tertiary/aromatic N) is 1. The van der Waals surface area contributed by atoms with Crippen LogP contribution in [0.3, 0.4) is 0 Å². The minimum Gasteiger partial charge on any atom is -0.481 e. The van der Waals surface area contributed by atoms with E-state index >= 15 is 0 Å². The number of hydrogen-bond donors (Lipinski definition) is 1. The normalized spacial score (nSPS) is 10.4. The minimum absolute atomic E-state index is 0.653. The van der Waals surface area contributed by atoms with E-state index in [4.69, 9.17) is 9.47 Å². The highest BCUT2D eigenvalue weighted by atomic mass is 16.5. The molecule has 0 aliphatic heterocycles. The first-order chi connectivity index (χ1) is 7.86. The number of aromatic nitrogens is 1. The van der Waals surface area contributed by atoms with Gasteiger partial charge in [0.25, 0.3) is 0 Å². The monoisotopic (exact) mass is 224 g/mol. The Bertz CT molecular complexity index is 275. The van der Waals surface area contributed by atoms with Gasteiger partial charge in [-0.25, -0.2) is 4.98 Å². The lowest BCUT2D eigenvalue weighted by molar-refractivity contribution is 0.144. The number of ether oxygens (including phenoxy) is 2. The molecule has 1 aromatic rings. The molecule has 16 heavy (non-hydrogen) atoms. The molecule has 0 aliphatic rings. The maximum atomic E-state index is 5.25.